The molecule has 0 saturated heterocycles. The van der Waals surface area contributed by atoms with Crippen LogP contribution >= 0.6 is 0 Å². The molecule has 0 aliphatic carbocycles. The molecular weight excluding hydrogens is 454 g/mol. The molecule has 4 nitrogen and oxygen atoms in total. The number of hydrogen-bond acceptors (Lipinski definition) is 4. The number of carbonyl (C=O) groups is 2. The molecule has 0 radical (unpaired) electrons. The third-order valence-electron chi connectivity index (χ3n) is 3.68. The van der Waals surface area contributed by atoms with Gasteiger partial charge in [-0.2, -0.15) is 0 Å². The molecule has 2 unspecified atom stereocenters. The van der Waals surface area contributed by atoms with E-state index in [0.29, 0.717) is 19.8 Å². The van der Waals surface area contributed by atoms with Crippen molar-refractivity contribution in [2.45, 2.75) is 0 Å². The van der Waals surface area contributed by atoms with Crippen LogP contribution in [0.5, 0.6) is 11.5 Å². The molecule has 3 aromatic rings. The summed E-state index contributed by atoms with van der Waals surface area (Å²) in [5.74, 6) is -0.0432. The topological polar surface area (TPSA) is 74.6 Å². The molecule has 0 heterocycles. The number of hydrogen-bond donors (Lipinski definition) is 2. The van der Waals surface area contributed by atoms with Gasteiger partial charge < -0.3 is 0 Å². The van der Waals surface area contributed by atoms with Crippen molar-refractivity contribution in [3.63, 3.8) is 0 Å². The first-order valence-corrected chi connectivity index (χ1v) is 12.0. The number of benzene rings is 3. The third-order valence-corrected chi connectivity index (χ3v) is 8.66. The second kappa shape index (κ2) is 8.40. The van der Waals surface area contributed by atoms with Crippen molar-refractivity contribution in [3.8, 4) is 11.5 Å². The Kier molecular flexibility index (Phi) is 5.98. The molecule has 2 N–H and O–H groups in total. The van der Waals surface area contributed by atoms with Crippen LogP contribution in [0.15, 0.2) is 72.8 Å². The zero-order valence-corrected chi connectivity index (χ0v) is 17.8. The van der Waals surface area contributed by atoms with Crippen LogP contribution in [0.1, 0.15) is 20.7 Å². The second-order valence-electron chi connectivity index (χ2n) is 5.53. The van der Waals surface area contributed by atoms with Gasteiger partial charge in [-0.1, -0.05) is 0 Å². The Morgan fingerprint density at radius 1 is 0.615 bits per heavy atom. The van der Waals surface area contributed by atoms with Crippen LogP contribution in [-0.2, 0) is 0 Å². The Labute approximate surface area is 164 Å². The van der Waals surface area contributed by atoms with Gasteiger partial charge in [0.25, 0.3) is 0 Å². The molecule has 130 valence electrons. The number of carbonyl (C=O) groups excluding carboxylic acids is 2. The molecule has 2 atom stereocenters. The summed E-state index contributed by atoms with van der Waals surface area (Å²) in [6.45, 7) is 0. The summed E-state index contributed by atoms with van der Waals surface area (Å²) in [4.78, 5) is 24.7. The summed E-state index contributed by atoms with van der Waals surface area (Å²) in [5.41, 5.74) is 1.20. The molecule has 0 spiro atoms. The van der Waals surface area contributed by atoms with E-state index in [9.17, 15) is 19.8 Å². The normalized spacial score (nSPS) is 11.4. The first-order chi connectivity index (χ1) is 12.5. The van der Waals surface area contributed by atoms with Crippen LogP contribution in [0.4, 0.5) is 0 Å². The van der Waals surface area contributed by atoms with E-state index in [-0.39, 0.29) is 20.6 Å². The van der Waals surface area contributed by atoms with Gasteiger partial charge in [0, 0.05) is 0 Å². The monoisotopic (exact) mass is 470 g/mol. The standard InChI is InChI=1S/C20H16As2O4/c23-17-12-16(22-20(26)14-9-5-2-6-10-14)18(24)11-15(17)21-19(25)13-7-3-1-4-8-13/h1-12,21-24H. The molecule has 0 bridgehead atoms. The Morgan fingerprint density at radius 3 is 1.31 bits per heavy atom. The Balaban J connectivity index is 1.78. The molecule has 0 aliphatic heterocycles. The molecule has 0 saturated carbocycles. The average Bonchev–Trinajstić information content (AvgIpc) is 2.67. The Bertz CT molecular complexity index is 862. The van der Waals surface area contributed by atoms with Gasteiger partial charge in [-0.3, -0.25) is 0 Å². The van der Waals surface area contributed by atoms with E-state index in [4.69, 9.17) is 0 Å². The number of aromatic hydroxyl groups is 2. The third kappa shape index (κ3) is 4.46. The molecule has 0 amide bonds. The van der Waals surface area contributed by atoms with Gasteiger partial charge in [0.15, 0.2) is 0 Å². The number of phenols is 2. The number of rotatable bonds is 6. The number of phenolic OH excluding ortho intramolecular Hbond substituents is 2. The van der Waals surface area contributed by atoms with Crippen LogP contribution in [0.2, 0.25) is 0 Å². The molecule has 3 rings (SSSR count). The van der Waals surface area contributed by atoms with Crippen molar-refractivity contribution in [1.82, 2.24) is 0 Å². The summed E-state index contributed by atoms with van der Waals surface area (Å²) in [6, 6.07) is 20.7. The van der Waals surface area contributed by atoms with Crippen LogP contribution in [0.25, 0.3) is 0 Å². The zero-order valence-electron chi connectivity index (χ0n) is 13.6. The van der Waals surface area contributed by atoms with E-state index in [0.717, 1.165) is 0 Å². The summed E-state index contributed by atoms with van der Waals surface area (Å²) in [7, 11) is 0. The SMILES string of the molecule is O=C([AsH]c1cc(O)c([AsH]C(=O)c2ccccc2)cc1O)c1ccccc1. The summed E-state index contributed by atoms with van der Waals surface area (Å²) >= 11 is -2.61. The van der Waals surface area contributed by atoms with Crippen LogP contribution in [-0.4, -0.2) is 50.9 Å². The fraction of sp³-hybridized carbons (Fsp3) is 0. The summed E-state index contributed by atoms with van der Waals surface area (Å²) in [6.07, 6.45) is 0. The van der Waals surface area contributed by atoms with Crippen LogP contribution in [0.3, 0.4) is 0 Å². The second-order valence-corrected chi connectivity index (χ2v) is 10.7. The first kappa shape index (κ1) is 18.5. The quantitative estimate of drug-likeness (QED) is 0.415. The summed E-state index contributed by atoms with van der Waals surface area (Å²) < 4.78 is 0.895. The molecule has 0 aromatic heterocycles. The van der Waals surface area contributed by atoms with Gasteiger partial charge in [-0.15, -0.1) is 0 Å². The van der Waals surface area contributed by atoms with Gasteiger partial charge in [-0.25, -0.2) is 0 Å². The van der Waals surface area contributed by atoms with E-state index >= 15 is 0 Å². The van der Waals surface area contributed by atoms with Crippen molar-refractivity contribution in [2.24, 2.45) is 0 Å². The molecule has 26 heavy (non-hydrogen) atoms. The Hall–Kier alpha value is -2.28. The van der Waals surface area contributed by atoms with E-state index in [1.165, 1.54) is 12.1 Å². The van der Waals surface area contributed by atoms with Crippen molar-refractivity contribution >= 4 is 49.3 Å². The van der Waals surface area contributed by atoms with Crippen LogP contribution in [0, 0.1) is 0 Å². The maximum atomic E-state index is 12.3. The van der Waals surface area contributed by atoms with Crippen molar-refractivity contribution in [1.29, 1.82) is 0 Å². The van der Waals surface area contributed by atoms with Gasteiger partial charge in [0.05, 0.1) is 0 Å². The van der Waals surface area contributed by atoms with Gasteiger partial charge >= 0.3 is 165 Å². The van der Waals surface area contributed by atoms with Crippen molar-refractivity contribution in [3.05, 3.63) is 83.9 Å². The average molecular weight is 470 g/mol. The zero-order chi connectivity index (χ0) is 18.5. The minimum atomic E-state index is -1.31. The minimum absolute atomic E-state index is 0.0216. The first-order valence-electron chi connectivity index (χ1n) is 7.83. The van der Waals surface area contributed by atoms with Crippen LogP contribution < -0.4 is 8.70 Å². The predicted octanol–water partition coefficient (Wildman–Crippen LogP) is 0.902. The maximum absolute atomic E-state index is 12.3. The fourth-order valence-corrected chi connectivity index (χ4v) is 6.39. The fourth-order valence-electron chi connectivity index (χ4n) is 2.35. The molecule has 0 fully saturated rings. The van der Waals surface area contributed by atoms with E-state index < -0.39 is 31.5 Å². The van der Waals surface area contributed by atoms with E-state index in [1.807, 2.05) is 12.1 Å². The van der Waals surface area contributed by atoms with Gasteiger partial charge in [0.1, 0.15) is 0 Å². The van der Waals surface area contributed by atoms with E-state index in [2.05, 4.69) is 0 Å². The molecule has 6 heteroatoms. The van der Waals surface area contributed by atoms with Gasteiger partial charge in [0.2, 0.25) is 0 Å². The molecule has 3 aromatic carbocycles. The molecule has 0 aliphatic rings. The predicted molar refractivity (Wildman–Crippen MR) is 105 cm³/mol. The van der Waals surface area contributed by atoms with Gasteiger partial charge in [-0.05, 0) is 0 Å². The van der Waals surface area contributed by atoms with Crippen molar-refractivity contribution in [2.75, 3.05) is 0 Å². The molecular formula is C20H16As2O4. The van der Waals surface area contributed by atoms with E-state index in [1.54, 1.807) is 48.5 Å². The summed E-state index contributed by atoms with van der Waals surface area (Å²) in [5, 5.41) is 20.5. The Morgan fingerprint density at radius 2 is 0.962 bits per heavy atom. The van der Waals surface area contributed by atoms with Crippen molar-refractivity contribution < 1.29 is 19.8 Å².